The lowest BCUT2D eigenvalue weighted by Gasteiger charge is -2.10. The number of urea groups is 1. The molecule has 4 aromatic rings. The van der Waals surface area contributed by atoms with Gasteiger partial charge in [0.1, 0.15) is 0 Å². The Labute approximate surface area is 177 Å². The number of nitrogens with zero attached hydrogens (tertiary/aromatic N) is 5. The molecule has 2 amide bonds. The summed E-state index contributed by atoms with van der Waals surface area (Å²) in [5.74, 6) is 1.16. The number of thiazole rings is 1. The summed E-state index contributed by atoms with van der Waals surface area (Å²) in [6.07, 6.45) is 4.08. The SMILES string of the molecule is Cn1cncc1-c1ccc2nc(NC(=O)NCCc3noc(C(C)(C)C)n3)sc2c1. The molecule has 9 nitrogen and oxygen atoms in total. The van der Waals surface area contributed by atoms with Crippen LogP contribution >= 0.6 is 11.3 Å². The summed E-state index contributed by atoms with van der Waals surface area (Å²) in [6.45, 7) is 6.42. The number of aryl methyl sites for hydroxylation is 1. The van der Waals surface area contributed by atoms with Crippen molar-refractivity contribution in [3.8, 4) is 11.3 Å². The highest BCUT2D eigenvalue weighted by atomic mass is 32.1. The van der Waals surface area contributed by atoms with Crippen LogP contribution in [0.25, 0.3) is 21.5 Å². The number of hydrogen-bond acceptors (Lipinski definition) is 7. The summed E-state index contributed by atoms with van der Waals surface area (Å²) < 4.78 is 8.21. The summed E-state index contributed by atoms with van der Waals surface area (Å²) in [5, 5.41) is 10.1. The first-order valence-corrected chi connectivity index (χ1v) is 10.4. The first-order valence-electron chi connectivity index (χ1n) is 9.55. The molecule has 0 radical (unpaired) electrons. The molecule has 0 aliphatic rings. The Morgan fingerprint density at radius 3 is 2.80 bits per heavy atom. The van der Waals surface area contributed by atoms with E-state index >= 15 is 0 Å². The number of nitrogens with one attached hydrogen (secondary N) is 2. The molecule has 1 aromatic carbocycles. The molecule has 0 bridgehead atoms. The second-order valence-electron chi connectivity index (χ2n) is 7.99. The van der Waals surface area contributed by atoms with Crippen molar-refractivity contribution in [2.75, 3.05) is 11.9 Å². The van der Waals surface area contributed by atoms with Gasteiger partial charge < -0.3 is 14.4 Å². The van der Waals surface area contributed by atoms with Gasteiger partial charge in [0, 0.05) is 31.0 Å². The fourth-order valence-corrected chi connectivity index (χ4v) is 3.76. The van der Waals surface area contributed by atoms with Gasteiger partial charge in [-0.15, -0.1) is 0 Å². The molecule has 3 aromatic heterocycles. The number of anilines is 1. The number of hydrogen-bond donors (Lipinski definition) is 2. The van der Waals surface area contributed by atoms with E-state index in [2.05, 4.69) is 36.8 Å². The van der Waals surface area contributed by atoms with Gasteiger partial charge in [-0.3, -0.25) is 5.32 Å². The molecule has 3 heterocycles. The normalized spacial score (nSPS) is 11.7. The number of fused-ring (bicyclic) bond motifs is 1. The van der Waals surface area contributed by atoms with Gasteiger partial charge in [0.2, 0.25) is 5.89 Å². The van der Waals surface area contributed by atoms with E-state index in [0.29, 0.717) is 29.8 Å². The van der Waals surface area contributed by atoms with Crippen molar-refractivity contribution < 1.29 is 9.32 Å². The van der Waals surface area contributed by atoms with Crippen LogP contribution in [-0.2, 0) is 18.9 Å². The molecule has 156 valence electrons. The molecule has 0 saturated heterocycles. The third-order valence-electron chi connectivity index (χ3n) is 4.47. The van der Waals surface area contributed by atoms with Crippen LogP contribution in [0.15, 0.2) is 35.2 Å². The van der Waals surface area contributed by atoms with Gasteiger partial charge in [-0.2, -0.15) is 4.98 Å². The summed E-state index contributed by atoms with van der Waals surface area (Å²) >= 11 is 1.43. The van der Waals surface area contributed by atoms with Crippen LogP contribution < -0.4 is 10.6 Å². The van der Waals surface area contributed by atoms with Gasteiger partial charge >= 0.3 is 6.03 Å². The molecule has 0 unspecified atom stereocenters. The molecular formula is C20H23N7O2S. The monoisotopic (exact) mass is 425 g/mol. The van der Waals surface area contributed by atoms with Gasteiger partial charge in [-0.1, -0.05) is 43.3 Å². The number of amides is 2. The zero-order valence-corrected chi connectivity index (χ0v) is 18.1. The van der Waals surface area contributed by atoms with Crippen molar-refractivity contribution in [1.29, 1.82) is 0 Å². The molecule has 0 fully saturated rings. The Hall–Kier alpha value is -3.27. The first kappa shape index (κ1) is 20.0. The standard InChI is InChI=1S/C20H23N7O2S/c1-20(2,3)17-24-16(26-29-17)7-8-22-18(28)25-19-23-13-6-5-12(9-15(13)30-19)14-10-21-11-27(14)4/h5-6,9-11H,7-8H2,1-4H3,(H2,22,23,25,28). The molecule has 30 heavy (non-hydrogen) atoms. The minimum absolute atomic E-state index is 0.195. The zero-order chi connectivity index (χ0) is 21.3. The molecular weight excluding hydrogens is 402 g/mol. The van der Waals surface area contributed by atoms with E-state index in [-0.39, 0.29) is 11.4 Å². The van der Waals surface area contributed by atoms with E-state index in [1.54, 1.807) is 6.33 Å². The summed E-state index contributed by atoms with van der Waals surface area (Å²) in [6, 6.07) is 5.68. The lowest BCUT2D eigenvalue weighted by molar-refractivity contribution is 0.252. The molecule has 0 atom stereocenters. The second-order valence-corrected chi connectivity index (χ2v) is 9.02. The highest BCUT2D eigenvalue weighted by molar-refractivity contribution is 7.22. The first-order chi connectivity index (χ1) is 14.3. The smallest absolute Gasteiger partial charge is 0.321 e. The molecule has 0 spiro atoms. The Kier molecular flexibility index (Phi) is 5.25. The average Bonchev–Trinajstić information content (AvgIpc) is 3.39. The number of rotatable bonds is 5. The maximum atomic E-state index is 12.2. The zero-order valence-electron chi connectivity index (χ0n) is 17.3. The van der Waals surface area contributed by atoms with Crippen LogP contribution in [0.4, 0.5) is 9.93 Å². The van der Waals surface area contributed by atoms with E-state index < -0.39 is 0 Å². The highest BCUT2D eigenvalue weighted by Gasteiger charge is 2.21. The summed E-state index contributed by atoms with van der Waals surface area (Å²) in [7, 11) is 1.95. The molecule has 0 aliphatic heterocycles. The fraction of sp³-hybridized carbons (Fsp3) is 0.350. The minimum Gasteiger partial charge on any atom is -0.339 e. The molecule has 2 N–H and O–H groups in total. The largest absolute Gasteiger partial charge is 0.339 e. The van der Waals surface area contributed by atoms with E-state index in [4.69, 9.17) is 4.52 Å². The van der Waals surface area contributed by atoms with Crippen LogP contribution in [-0.4, -0.2) is 37.3 Å². The van der Waals surface area contributed by atoms with E-state index in [1.165, 1.54) is 11.3 Å². The van der Waals surface area contributed by atoms with Crippen LogP contribution in [0.3, 0.4) is 0 Å². The second kappa shape index (κ2) is 7.86. The van der Waals surface area contributed by atoms with Crippen molar-refractivity contribution in [3.63, 3.8) is 0 Å². The Balaban J connectivity index is 1.35. The van der Waals surface area contributed by atoms with Crippen LogP contribution in [0.5, 0.6) is 0 Å². The maximum absolute atomic E-state index is 12.2. The number of imidazole rings is 1. The van der Waals surface area contributed by atoms with Crippen molar-refractivity contribution in [2.45, 2.75) is 32.6 Å². The lowest BCUT2D eigenvalue weighted by atomic mass is 9.97. The number of benzene rings is 1. The van der Waals surface area contributed by atoms with Crippen molar-refractivity contribution in [2.24, 2.45) is 7.05 Å². The van der Waals surface area contributed by atoms with E-state index in [1.807, 2.05) is 50.7 Å². The molecule has 10 heteroatoms. The average molecular weight is 426 g/mol. The van der Waals surface area contributed by atoms with Gasteiger partial charge in [-0.25, -0.2) is 14.8 Å². The fourth-order valence-electron chi connectivity index (χ4n) is 2.86. The number of aromatic nitrogens is 5. The maximum Gasteiger partial charge on any atom is 0.321 e. The predicted molar refractivity (Wildman–Crippen MR) is 116 cm³/mol. The Bertz CT molecular complexity index is 1190. The Morgan fingerprint density at radius 1 is 1.27 bits per heavy atom. The van der Waals surface area contributed by atoms with Gasteiger partial charge in [0.05, 0.1) is 28.4 Å². The van der Waals surface area contributed by atoms with Crippen LogP contribution in [0, 0.1) is 0 Å². The minimum atomic E-state index is -0.319. The van der Waals surface area contributed by atoms with E-state index in [9.17, 15) is 4.79 Å². The van der Waals surface area contributed by atoms with Gasteiger partial charge in [0.25, 0.3) is 0 Å². The topological polar surface area (TPSA) is 111 Å². The molecule has 4 rings (SSSR count). The highest BCUT2D eigenvalue weighted by Crippen LogP contribution is 2.30. The van der Waals surface area contributed by atoms with Gasteiger partial charge in [-0.05, 0) is 12.1 Å². The third kappa shape index (κ3) is 4.33. The number of carbonyl (C=O) groups is 1. The van der Waals surface area contributed by atoms with Crippen LogP contribution in [0.1, 0.15) is 32.5 Å². The van der Waals surface area contributed by atoms with Crippen LogP contribution in [0.2, 0.25) is 0 Å². The summed E-state index contributed by atoms with van der Waals surface area (Å²) in [4.78, 5) is 25.2. The van der Waals surface area contributed by atoms with E-state index in [0.717, 1.165) is 21.5 Å². The molecule has 0 aliphatic carbocycles. The lowest BCUT2D eigenvalue weighted by Crippen LogP contribution is -2.30. The van der Waals surface area contributed by atoms with Crippen molar-refractivity contribution >= 4 is 32.7 Å². The van der Waals surface area contributed by atoms with Crippen molar-refractivity contribution in [1.82, 2.24) is 30.0 Å². The quantitative estimate of drug-likeness (QED) is 0.504. The Morgan fingerprint density at radius 2 is 2.10 bits per heavy atom. The predicted octanol–water partition coefficient (Wildman–Crippen LogP) is 3.74. The third-order valence-corrected chi connectivity index (χ3v) is 5.40. The number of carbonyl (C=O) groups excluding carboxylic acids is 1. The molecule has 0 saturated carbocycles. The summed E-state index contributed by atoms with van der Waals surface area (Å²) in [5.41, 5.74) is 2.72. The van der Waals surface area contributed by atoms with Crippen molar-refractivity contribution in [3.05, 3.63) is 42.4 Å². The van der Waals surface area contributed by atoms with Gasteiger partial charge in [0.15, 0.2) is 11.0 Å².